The van der Waals surface area contributed by atoms with Gasteiger partial charge >= 0.3 is 0 Å². The van der Waals surface area contributed by atoms with Crippen LogP contribution in [0.1, 0.15) is 24.3 Å². The molecule has 0 heterocycles. The first-order valence-corrected chi connectivity index (χ1v) is 12.2. The number of hydrogen-bond acceptors (Lipinski definition) is 5. The zero-order valence-electron chi connectivity index (χ0n) is 19.4. The number of halogens is 2. The van der Waals surface area contributed by atoms with Crippen molar-refractivity contribution in [2.45, 2.75) is 6.42 Å². The van der Waals surface area contributed by atoms with Gasteiger partial charge in [0, 0.05) is 30.9 Å². The molecule has 0 spiro atoms. The third-order valence-electron chi connectivity index (χ3n) is 5.54. The van der Waals surface area contributed by atoms with Gasteiger partial charge in [0.2, 0.25) is 0 Å². The van der Waals surface area contributed by atoms with Crippen LogP contribution in [0.2, 0.25) is 10.0 Å². The fourth-order valence-corrected chi connectivity index (χ4v) is 3.95. The van der Waals surface area contributed by atoms with E-state index in [-0.39, 0.29) is 13.6 Å². The molecule has 6 nitrogen and oxygen atoms in total. The number of carbonyl (C=O) groups is 1. The van der Waals surface area contributed by atoms with Crippen molar-refractivity contribution in [2.75, 3.05) is 19.7 Å². The van der Waals surface area contributed by atoms with Crippen LogP contribution in [0.5, 0.6) is 11.5 Å². The van der Waals surface area contributed by atoms with E-state index in [9.17, 15) is 9.90 Å². The molecule has 36 heavy (non-hydrogen) atoms. The van der Waals surface area contributed by atoms with Crippen molar-refractivity contribution in [1.82, 2.24) is 10.7 Å². The highest BCUT2D eigenvalue weighted by atomic mass is 35.5. The molecule has 0 radical (unpaired) electrons. The lowest BCUT2D eigenvalue weighted by Crippen LogP contribution is -2.23. The van der Waals surface area contributed by atoms with Crippen molar-refractivity contribution in [3.8, 4) is 11.5 Å². The third kappa shape index (κ3) is 6.76. The highest BCUT2D eigenvalue weighted by Crippen LogP contribution is 2.28. The smallest absolute Gasteiger partial charge is 0.271 e. The van der Waals surface area contributed by atoms with Crippen molar-refractivity contribution in [3.05, 3.63) is 106 Å². The molecule has 4 rings (SSSR count). The number of amides is 1. The van der Waals surface area contributed by atoms with Gasteiger partial charge in [-0.3, -0.25) is 4.79 Å². The van der Waals surface area contributed by atoms with Crippen LogP contribution in [-0.2, 0) is 6.42 Å². The average molecular weight is 526 g/mol. The Labute approximate surface area is 222 Å². The van der Waals surface area contributed by atoms with Gasteiger partial charge in [-0.1, -0.05) is 59.6 Å². The van der Waals surface area contributed by atoms with E-state index in [0.717, 1.165) is 46.6 Å². The van der Waals surface area contributed by atoms with Gasteiger partial charge in [-0.05, 0) is 66.4 Å². The second-order valence-electron chi connectivity index (χ2n) is 8.04. The lowest BCUT2D eigenvalue weighted by molar-refractivity contribution is 0.0955. The third-order valence-corrected chi connectivity index (χ3v) is 6.09. The van der Waals surface area contributed by atoms with Crippen LogP contribution < -0.4 is 15.5 Å². The fourth-order valence-electron chi connectivity index (χ4n) is 3.65. The van der Waals surface area contributed by atoms with Crippen LogP contribution in [0.15, 0.2) is 84.0 Å². The quantitative estimate of drug-likeness (QED) is 0.128. The summed E-state index contributed by atoms with van der Waals surface area (Å²) in [6, 6.07) is 23.8. The predicted molar refractivity (Wildman–Crippen MR) is 150 cm³/mol. The van der Waals surface area contributed by atoms with Crippen molar-refractivity contribution in [3.63, 3.8) is 0 Å². The van der Waals surface area contributed by atoms with E-state index in [1.807, 2.05) is 60.7 Å². The number of aromatic hydroxyl groups is 1. The molecule has 8 heteroatoms. The summed E-state index contributed by atoms with van der Waals surface area (Å²) in [5.41, 5.74) is 4.85. The number of benzene rings is 4. The van der Waals surface area contributed by atoms with E-state index in [0.29, 0.717) is 12.2 Å². The molecule has 0 aliphatic heterocycles. The number of rotatable bonds is 10. The summed E-state index contributed by atoms with van der Waals surface area (Å²) in [7, 11) is 0. The van der Waals surface area contributed by atoms with Gasteiger partial charge in [0.15, 0.2) is 0 Å². The summed E-state index contributed by atoms with van der Waals surface area (Å²) in [4.78, 5) is 12.3. The molecule has 0 fully saturated rings. The number of phenols is 1. The van der Waals surface area contributed by atoms with Crippen LogP contribution in [0.25, 0.3) is 10.8 Å². The van der Waals surface area contributed by atoms with E-state index in [1.165, 1.54) is 23.8 Å². The van der Waals surface area contributed by atoms with E-state index in [2.05, 4.69) is 15.8 Å². The second kappa shape index (κ2) is 12.4. The highest BCUT2D eigenvalue weighted by molar-refractivity contribution is 6.32. The summed E-state index contributed by atoms with van der Waals surface area (Å²) in [6.07, 6.45) is 2.51. The van der Waals surface area contributed by atoms with E-state index in [1.54, 1.807) is 6.21 Å². The Morgan fingerprint density at radius 1 is 0.972 bits per heavy atom. The minimum Gasteiger partial charge on any atom is -0.506 e. The molecule has 3 N–H and O–H groups in total. The maximum absolute atomic E-state index is 12.3. The van der Waals surface area contributed by atoms with Gasteiger partial charge in [0.05, 0.1) is 11.2 Å². The SMILES string of the molecule is O=C(N/N=C/c1ccc(OCCNCCc2ccc(Cl)cc2)c2ccccc12)c1ccc(O)c(Cl)c1.[HH].[HH]. The first-order valence-electron chi connectivity index (χ1n) is 11.4. The molecule has 0 aliphatic carbocycles. The zero-order chi connectivity index (χ0) is 25.3. The zero-order valence-corrected chi connectivity index (χ0v) is 20.9. The minimum absolute atomic E-state index is 0. The summed E-state index contributed by atoms with van der Waals surface area (Å²) < 4.78 is 6.04. The van der Waals surface area contributed by atoms with Crippen molar-refractivity contribution in [1.29, 1.82) is 0 Å². The van der Waals surface area contributed by atoms with Gasteiger partial charge in [-0.15, -0.1) is 0 Å². The maximum atomic E-state index is 12.3. The van der Waals surface area contributed by atoms with E-state index in [4.69, 9.17) is 27.9 Å². The van der Waals surface area contributed by atoms with E-state index >= 15 is 0 Å². The monoisotopic (exact) mass is 525 g/mol. The number of fused-ring (bicyclic) bond motifs is 1. The molecule has 0 unspecified atom stereocenters. The Balaban J connectivity index is 0.00000253. The molecule has 1 amide bonds. The van der Waals surface area contributed by atoms with Gasteiger partial charge in [0.25, 0.3) is 5.91 Å². The second-order valence-corrected chi connectivity index (χ2v) is 8.88. The standard InChI is InChI=1S/C28H25Cl2N3O3.2H2/c29-22-9-5-19(6-10-22)13-14-31-15-16-36-27-12-8-21(23-3-1-2-4-24(23)27)18-32-33-28(35)20-7-11-26(34)25(30)17-20;;/h1-12,17-18,31,34H,13-16H2,(H,33,35);2*1H/b32-18+;;. The summed E-state index contributed by atoms with van der Waals surface area (Å²) in [5, 5.41) is 19.7. The molecule has 0 atom stereocenters. The molecular weight excluding hydrogens is 497 g/mol. The molecule has 0 bridgehead atoms. The molecule has 0 aliphatic rings. The van der Waals surface area contributed by atoms with Gasteiger partial charge in [-0.2, -0.15) is 5.10 Å². The normalized spacial score (nSPS) is 11.2. The predicted octanol–water partition coefficient (Wildman–Crippen LogP) is 6.32. The van der Waals surface area contributed by atoms with Crippen molar-refractivity contribution in [2.24, 2.45) is 5.10 Å². The van der Waals surface area contributed by atoms with Crippen LogP contribution in [-0.4, -0.2) is 36.9 Å². The molecule has 0 saturated carbocycles. The van der Waals surface area contributed by atoms with Crippen molar-refractivity contribution >= 4 is 46.1 Å². The maximum Gasteiger partial charge on any atom is 0.271 e. The molecule has 4 aromatic carbocycles. The number of hydrogen-bond donors (Lipinski definition) is 3. The molecular formula is C28H29Cl2N3O3. The minimum atomic E-state index is -0.430. The number of carbonyl (C=O) groups excluding carboxylic acids is 1. The van der Waals surface area contributed by atoms with Gasteiger partial charge in [-0.25, -0.2) is 5.43 Å². The van der Waals surface area contributed by atoms with Gasteiger partial charge < -0.3 is 15.2 Å². The summed E-state index contributed by atoms with van der Waals surface area (Å²) in [5.74, 6) is 0.269. The number of nitrogens with zero attached hydrogens (tertiary/aromatic N) is 1. The van der Waals surface area contributed by atoms with Gasteiger partial charge in [0.1, 0.15) is 18.1 Å². The fraction of sp³-hybridized carbons (Fsp3) is 0.143. The number of nitrogens with one attached hydrogen (secondary N) is 2. The first kappa shape index (κ1) is 25.5. The Morgan fingerprint density at radius 2 is 1.75 bits per heavy atom. The molecule has 188 valence electrons. The van der Waals surface area contributed by atoms with Crippen LogP contribution in [0.4, 0.5) is 0 Å². The van der Waals surface area contributed by atoms with Crippen LogP contribution >= 0.6 is 23.2 Å². The lowest BCUT2D eigenvalue weighted by atomic mass is 10.0. The molecule has 4 aromatic rings. The Morgan fingerprint density at radius 3 is 2.53 bits per heavy atom. The number of hydrazone groups is 1. The van der Waals surface area contributed by atoms with Crippen molar-refractivity contribution < 1.29 is 17.5 Å². The largest absolute Gasteiger partial charge is 0.506 e. The first-order chi connectivity index (χ1) is 17.5. The molecule has 0 aromatic heterocycles. The molecule has 0 saturated heterocycles. The average Bonchev–Trinajstić information content (AvgIpc) is 2.89. The number of ether oxygens (including phenoxy) is 1. The number of phenolic OH excluding ortho intramolecular Hbond substituents is 1. The Hall–Kier alpha value is -3.58. The topological polar surface area (TPSA) is 83.0 Å². The Kier molecular flexibility index (Phi) is 8.79. The lowest BCUT2D eigenvalue weighted by Gasteiger charge is -2.12. The summed E-state index contributed by atoms with van der Waals surface area (Å²) >= 11 is 11.8. The summed E-state index contributed by atoms with van der Waals surface area (Å²) in [6.45, 7) is 2.10. The van der Waals surface area contributed by atoms with Crippen LogP contribution in [0.3, 0.4) is 0 Å². The highest BCUT2D eigenvalue weighted by Gasteiger charge is 2.08. The van der Waals surface area contributed by atoms with Crippen LogP contribution in [0, 0.1) is 0 Å². The Bertz CT molecular complexity index is 1390. The van der Waals surface area contributed by atoms with E-state index < -0.39 is 5.91 Å².